The first-order chi connectivity index (χ1) is 10.3. The normalized spacial score (nSPS) is 22.9. The average molecular weight is 307 g/mol. The molecule has 1 unspecified atom stereocenters. The molecule has 1 aliphatic heterocycles. The summed E-state index contributed by atoms with van der Waals surface area (Å²) in [6, 6.07) is 6.83. The predicted molar refractivity (Wildman–Crippen MR) is 84.5 cm³/mol. The molecule has 114 valence electrons. The summed E-state index contributed by atoms with van der Waals surface area (Å²) in [6.45, 7) is 0.743. The second-order valence-electron chi connectivity index (χ2n) is 6.02. The molecule has 1 heterocycles. The molecule has 2 nitrogen and oxygen atoms in total. The summed E-state index contributed by atoms with van der Waals surface area (Å²) < 4.78 is 14.0. The van der Waals surface area contributed by atoms with E-state index >= 15 is 0 Å². The minimum Gasteiger partial charge on any atom is -0.326 e. The van der Waals surface area contributed by atoms with Gasteiger partial charge in [-0.05, 0) is 18.4 Å². The highest BCUT2D eigenvalue weighted by Crippen LogP contribution is 2.39. The minimum atomic E-state index is -0.203. The molecule has 1 amide bonds. The summed E-state index contributed by atoms with van der Waals surface area (Å²) in [6.07, 6.45) is 6.81. The zero-order chi connectivity index (χ0) is 14.7. The maximum absolute atomic E-state index is 14.0. The highest BCUT2D eigenvalue weighted by atomic mass is 32.2. The Balaban J connectivity index is 1.63. The van der Waals surface area contributed by atoms with Crippen molar-refractivity contribution in [2.75, 3.05) is 12.3 Å². The highest BCUT2D eigenvalue weighted by molar-refractivity contribution is 7.99. The molecule has 1 aromatic rings. The maximum Gasteiger partial charge on any atom is 0.223 e. The number of hydrogen-bond acceptors (Lipinski definition) is 2. The molecular weight excluding hydrogens is 285 g/mol. The van der Waals surface area contributed by atoms with Gasteiger partial charge >= 0.3 is 0 Å². The number of amides is 1. The van der Waals surface area contributed by atoms with Crippen LogP contribution in [-0.2, 0) is 4.79 Å². The van der Waals surface area contributed by atoms with Crippen molar-refractivity contribution in [3.63, 3.8) is 0 Å². The van der Waals surface area contributed by atoms with Crippen LogP contribution in [0.2, 0.25) is 0 Å². The number of nitrogens with zero attached hydrogens (tertiary/aromatic N) is 1. The van der Waals surface area contributed by atoms with E-state index < -0.39 is 0 Å². The molecule has 0 N–H and O–H groups in total. The van der Waals surface area contributed by atoms with E-state index in [0.29, 0.717) is 12.0 Å². The molecule has 4 heteroatoms. The Hall–Kier alpha value is -1.03. The first-order valence-electron chi connectivity index (χ1n) is 7.91. The third kappa shape index (κ3) is 3.42. The van der Waals surface area contributed by atoms with E-state index in [1.54, 1.807) is 23.9 Å². The van der Waals surface area contributed by atoms with Crippen LogP contribution in [0.3, 0.4) is 0 Å². The quantitative estimate of drug-likeness (QED) is 0.823. The van der Waals surface area contributed by atoms with Gasteiger partial charge in [-0.25, -0.2) is 4.39 Å². The van der Waals surface area contributed by atoms with Crippen LogP contribution in [0.25, 0.3) is 0 Å². The summed E-state index contributed by atoms with van der Waals surface area (Å²) in [7, 11) is 0. The lowest BCUT2D eigenvalue weighted by Crippen LogP contribution is -2.30. The van der Waals surface area contributed by atoms with Gasteiger partial charge in [-0.1, -0.05) is 43.9 Å². The molecule has 2 aliphatic rings. The Morgan fingerprint density at radius 1 is 1.29 bits per heavy atom. The van der Waals surface area contributed by atoms with Gasteiger partial charge in [0.1, 0.15) is 11.2 Å². The first kappa shape index (κ1) is 14.9. The van der Waals surface area contributed by atoms with Crippen LogP contribution in [0, 0.1) is 11.7 Å². The highest BCUT2D eigenvalue weighted by Gasteiger charge is 2.32. The van der Waals surface area contributed by atoms with E-state index in [0.717, 1.165) is 24.6 Å². The number of benzene rings is 1. The Morgan fingerprint density at radius 2 is 2.05 bits per heavy atom. The van der Waals surface area contributed by atoms with Crippen LogP contribution in [-0.4, -0.2) is 23.1 Å². The lowest BCUT2D eigenvalue weighted by atomic mass is 10.0. The summed E-state index contributed by atoms with van der Waals surface area (Å²) in [4.78, 5) is 14.4. The van der Waals surface area contributed by atoms with E-state index in [9.17, 15) is 9.18 Å². The largest absolute Gasteiger partial charge is 0.326 e. The molecule has 1 aromatic carbocycles. The monoisotopic (exact) mass is 307 g/mol. The lowest BCUT2D eigenvalue weighted by molar-refractivity contribution is -0.131. The van der Waals surface area contributed by atoms with Crippen molar-refractivity contribution >= 4 is 17.7 Å². The third-order valence-electron chi connectivity index (χ3n) is 4.62. The Morgan fingerprint density at radius 3 is 2.81 bits per heavy atom. The number of carbonyl (C=O) groups excluding carboxylic acids is 1. The third-order valence-corrected chi connectivity index (χ3v) is 5.87. The van der Waals surface area contributed by atoms with Gasteiger partial charge in [0.15, 0.2) is 0 Å². The summed E-state index contributed by atoms with van der Waals surface area (Å²) >= 11 is 1.67. The van der Waals surface area contributed by atoms with Crippen molar-refractivity contribution in [1.29, 1.82) is 0 Å². The Kier molecular flexibility index (Phi) is 4.84. The molecular formula is C17H22FNOS. The van der Waals surface area contributed by atoms with E-state index in [4.69, 9.17) is 0 Å². The standard InChI is InChI=1S/C17H22FNOS/c18-15-8-4-3-7-14(15)17-19(11-12-21-17)16(20)10-9-13-5-1-2-6-13/h3-4,7-8,13,17H,1-2,5-6,9-12H2. The van der Waals surface area contributed by atoms with Crippen LogP contribution in [0.5, 0.6) is 0 Å². The van der Waals surface area contributed by atoms with Gasteiger partial charge in [0, 0.05) is 24.3 Å². The number of halogens is 1. The van der Waals surface area contributed by atoms with Gasteiger partial charge in [-0.2, -0.15) is 0 Å². The molecule has 1 atom stereocenters. The van der Waals surface area contributed by atoms with Gasteiger partial charge in [-0.15, -0.1) is 11.8 Å². The van der Waals surface area contributed by atoms with Crippen LogP contribution < -0.4 is 0 Å². The average Bonchev–Trinajstić information content (AvgIpc) is 3.16. The van der Waals surface area contributed by atoms with Gasteiger partial charge in [-0.3, -0.25) is 4.79 Å². The van der Waals surface area contributed by atoms with Crippen molar-refractivity contribution in [3.8, 4) is 0 Å². The number of hydrogen-bond donors (Lipinski definition) is 0. The van der Waals surface area contributed by atoms with Crippen molar-refractivity contribution in [3.05, 3.63) is 35.6 Å². The molecule has 1 saturated carbocycles. The summed E-state index contributed by atoms with van der Waals surface area (Å²) in [5, 5.41) is -0.137. The van der Waals surface area contributed by atoms with Gasteiger partial charge in [0.2, 0.25) is 5.91 Å². The van der Waals surface area contributed by atoms with Crippen molar-refractivity contribution in [2.24, 2.45) is 5.92 Å². The van der Waals surface area contributed by atoms with E-state index in [2.05, 4.69) is 0 Å². The van der Waals surface area contributed by atoms with E-state index in [1.165, 1.54) is 31.7 Å². The van der Waals surface area contributed by atoms with Crippen LogP contribution >= 0.6 is 11.8 Å². The Labute approximate surface area is 130 Å². The van der Waals surface area contributed by atoms with E-state index in [1.807, 2.05) is 11.0 Å². The Bertz CT molecular complexity index is 501. The van der Waals surface area contributed by atoms with Gasteiger partial charge in [0.05, 0.1) is 0 Å². The number of rotatable bonds is 4. The maximum atomic E-state index is 14.0. The van der Waals surface area contributed by atoms with Crippen molar-refractivity contribution < 1.29 is 9.18 Å². The van der Waals surface area contributed by atoms with Crippen molar-refractivity contribution in [2.45, 2.75) is 43.9 Å². The van der Waals surface area contributed by atoms with Crippen LogP contribution in [0.15, 0.2) is 24.3 Å². The molecule has 0 aromatic heterocycles. The molecule has 0 spiro atoms. The minimum absolute atomic E-state index is 0.137. The lowest BCUT2D eigenvalue weighted by Gasteiger charge is -2.25. The molecule has 2 fully saturated rings. The molecule has 1 aliphatic carbocycles. The number of carbonyl (C=O) groups is 1. The molecule has 0 bridgehead atoms. The smallest absolute Gasteiger partial charge is 0.223 e. The van der Waals surface area contributed by atoms with Gasteiger partial charge in [0.25, 0.3) is 0 Å². The van der Waals surface area contributed by atoms with Crippen LogP contribution in [0.4, 0.5) is 4.39 Å². The second kappa shape index (κ2) is 6.82. The predicted octanol–water partition coefficient (Wildman–Crippen LogP) is 4.37. The topological polar surface area (TPSA) is 20.3 Å². The van der Waals surface area contributed by atoms with Crippen LogP contribution in [0.1, 0.15) is 49.5 Å². The molecule has 3 rings (SSSR count). The fourth-order valence-electron chi connectivity index (χ4n) is 3.43. The number of thioether (sulfide) groups is 1. The first-order valence-corrected chi connectivity index (χ1v) is 8.96. The van der Waals surface area contributed by atoms with Gasteiger partial charge < -0.3 is 4.90 Å². The summed E-state index contributed by atoms with van der Waals surface area (Å²) in [5.74, 6) is 1.62. The molecule has 0 radical (unpaired) electrons. The zero-order valence-electron chi connectivity index (χ0n) is 12.3. The zero-order valence-corrected chi connectivity index (χ0v) is 13.1. The summed E-state index contributed by atoms with van der Waals surface area (Å²) in [5.41, 5.74) is 0.647. The molecule has 1 saturated heterocycles. The fourth-order valence-corrected chi connectivity index (χ4v) is 4.73. The fraction of sp³-hybridized carbons (Fsp3) is 0.588. The van der Waals surface area contributed by atoms with Crippen molar-refractivity contribution in [1.82, 2.24) is 4.90 Å². The van der Waals surface area contributed by atoms with E-state index in [-0.39, 0.29) is 17.1 Å². The molecule has 21 heavy (non-hydrogen) atoms. The SMILES string of the molecule is O=C(CCC1CCCC1)N1CCSC1c1ccccc1F. The second-order valence-corrected chi connectivity index (χ2v) is 7.21.